The van der Waals surface area contributed by atoms with Crippen LogP contribution in [0.3, 0.4) is 0 Å². The number of anilines is 1. The van der Waals surface area contributed by atoms with Gasteiger partial charge in [0.2, 0.25) is 0 Å². The quantitative estimate of drug-likeness (QED) is 0.363. The van der Waals surface area contributed by atoms with E-state index in [9.17, 15) is 9.59 Å². The van der Waals surface area contributed by atoms with Gasteiger partial charge in [-0.2, -0.15) is 16.4 Å². The molecule has 4 aromatic rings. The number of aldehydes is 1. The molecule has 6 nitrogen and oxygen atoms in total. The molecular weight excluding hydrogens is 446 g/mol. The van der Waals surface area contributed by atoms with Gasteiger partial charge in [-0.15, -0.1) is 0 Å². The molecule has 1 aliphatic rings. The molecule has 172 valence electrons. The van der Waals surface area contributed by atoms with Crippen molar-refractivity contribution >= 4 is 29.2 Å². The molecule has 0 aliphatic carbocycles. The van der Waals surface area contributed by atoms with Crippen molar-refractivity contribution in [2.75, 3.05) is 11.5 Å². The van der Waals surface area contributed by atoms with Crippen LogP contribution in [-0.4, -0.2) is 29.0 Å². The molecule has 0 spiro atoms. The lowest BCUT2D eigenvalue weighted by atomic mass is 9.85. The molecule has 1 aliphatic heterocycles. The van der Waals surface area contributed by atoms with Crippen molar-refractivity contribution in [2.45, 2.75) is 32.2 Å². The SMILES string of the molecule is CC(C)(C)c1[nH]nc2c1C(c1ccccc1OCC=O)N(c1ccc(-c3ccsc3)cc1)C2=O. The first-order valence-electron chi connectivity index (χ1n) is 11.1. The van der Waals surface area contributed by atoms with E-state index in [1.165, 1.54) is 0 Å². The van der Waals surface area contributed by atoms with Crippen LogP contribution in [0.15, 0.2) is 65.4 Å². The summed E-state index contributed by atoms with van der Waals surface area (Å²) in [5, 5.41) is 11.7. The second kappa shape index (κ2) is 8.57. The lowest BCUT2D eigenvalue weighted by Gasteiger charge is -2.29. The van der Waals surface area contributed by atoms with Gasteiger partial charge in [0.1, 0.15) is 12.4 Å². The van der Waals surface area contributed by atoms with Crippen molar-refractivity contribution in [1.29, 1.82) is 0 Å². The highest BCUT2D eigenvalue weighted by molar-refractivity contribution is 7.08. The molecule has 2 aromatic heterocycles. The van der Waals surface area contributed by atoms with Crippen molar-refractivity contribution in [1.82, 2.24) is 10.2 Å². The van der Waals surface area contributed by atoms with Crippen molar-refractivity contribution in [3.8, 4) is 16.9 Å². The highest BCUT2D eigenvalue weighted by Crippen LogP contribution is 2.47. The van der Waals surface area contributed by atoms with Gasteiger partial charge in [0.25, 0.3) is 5.91 Å². The zero-order valence-corrected chi connectivity index (χ0v) is 20.1. The van der Waals surface area contributed by atoms with Gasteiger partial charge < -0.3 is 4.74 Å². The molecule has 0 bridgehead atoms. The number of benzene rings is 2. The van der Waals surface area contributed by atoms with E-state index in [0.717, 1.165) is 39.9 Å². The monoisotopic (exact) mass is 471 g/mol. The number of aromatic nitrogens is 2. The molecule has 1 amide bonds. The molecule has 5 rings (SSSR count). The number of hydrogen-bond acceptors (Lipinski definition) is 5. The highest BCUT2D eigenvalue weighted by Gasteiger charge is 2.45. The van der Waals surface area contributed by atoms with Crippen LogP contribution >= 0.6 is 11.3 Å². The minimum absolute atomic E-state index is 0.0581. The van der Waals surface area contributed by atoms with E-state index in [-0.39, 0.29) is 17.9 Å². The fourth-order valence-corrected chi connectivity index (χ4v) is 5.14. The number of carbonyl (C=O) groups is 2. The molecule has 34 heavy (non-hydrogen) atoms. The van der Waals surface area contributed by atoms with Gasteiger partial charge >= 0.3 is 0 Å². The van der Waals surface area contributed by atoms with E-state index in [2.05, 4.69) is 42.4 Å². The van der Waals surface area contributed by atoms with Crippen molar-refractivity contribution < 1.29 is 14.3 Å². The number of hydrogen-bond donors (Lipinski definition) is 1. The number of H-pyrrole nitrogens is 1. The smallest absolute Gasteiger partial charge is 0.280 e. The molecule has 2 aromatic carbocycles. The van der Waals surface area contributed by atoms with Gasteiger partial charge in [-0.1, -0.05) is 51.1 Å². The number of rotatable bonds is 6. The van der Waals surface area contributed by atoms with Crippen LogP contribution in [0.5, 0.6) is 5.75 Å². The summed E-state index contributed by atoms with van der Waals surface area (Å²) in [6.07, 6.45) is 0.724. The Morgan fingerprint density at radius 1 is 1.09 bits per heavy atom. The van der Waals surface area contributed by atoms with Gasteiger partial charge in [-0.3, -0.25) is 19.6 Å². The second-order valence-corrected chi connectivity index (χ2v) is 10.0. The maximum absolute atomic E-state index is 13.7. The highest BCUT2D eigenvalue weighted by atomic mass is 32.1. The first-order chi connectivity index (χ1) is 16.4. The lowest BCUT2D eigenvalue weighted by Crippen LogP contribution is -2.30. The van der Waals surface area contributed by atoms with Crippen molar-refractivity contribution in [3.63, 3.8) is 0 Å². The maximum atomic E-state index is 13.7. The Bertz CT molecular complexity index is 1330. The van der Waals surface area contributed by atoms with E-state index in [1.807, 2.05) is 53.9 Å². The third kappa shape index (κ3) is 3.72. The van der Waals surface area contributed by atoms with E-state index in [0.29, 0.717) is 11.4 Å². The van der Waals surface area contributed by atoms with Crippen LogP contribution in [0.2, 0.25) is 0 Å². The van der Waals surface area contributed by atoms with Gasteiger partial charge in [-0.25, -0.2) is 0 Å². The fourth-order valence-electron chi connectivity index (χ4n) is 4.48. The van der Waals surface area contributed by atoms with Crippen LogP contribution in [0.4, 0.5) is 5.69 Å². The lowest BCUT2D eigenvalue weighted by molar-refractivity contribution is -0.109. The third-order valence-corrected chi connectivity index (χ3v) is 6.71. The topological polar surface area (TPSA) is 75.3 Å². The maximum Gasteiger partial charge on any atom is 0.280 e. The van der Waals surface area contributed by atoms with Gasteiger partial charge in [0.15, 0.2) is 12.0 Å². The minimum atomic E-state index is -0.440. The molecule has 1 N–H and O–H groups in total. The Morgan fingerprint density at radius 2 is 1.85 bits per heavy atom. The molecule has 0 saturated heterocycles. The zero-order chi connectivity index (χ0) is 23.9. The summed E-state index contributed by atoms with van der Waals surface area (Å²) in [7, 11) is 0. The number of para-hydroxylation sites is 1. The number of fused-ring (bicyclic) bond motifs is 1. The first kappa shape index (κ1) is 22.1. The van der Waals surface area contributed by atoms with Crippen LogP contribution in [0, 0.1) is 0 Å². The number of aromatic amines is 1. The number of thiophene rings is 1. The summed E-state index contributed by atoms with van der Waals surface area (Å²) in [4.78, 5) is 26.5. The molecule has 0 saturated carbocycles. The van der Waals surface area contributed by atoms with Crippen molar-refractivity contribution in [2.24, 2.45) is 0 Å². The van der Waals surface area contributed by atoms with Crippen LogP contribution < -0.4 is 9.64 Å². The number of nitrogens with one attached hydrogen (secondary N) is 1. The number of nitrogens with zero attached hydrogens (tertiary/aromatic N) is 2. The van der Waals surface area contributed by atoms with Gasteiger partial charge in [0.05, 0.1) is 6.04 Å². The van der Waals surface area contributed by atoms with Gasteiger partial charge in [0, 0.05) is 27.9 Å². The van der Waals surface area contributed by atoms with E-state index in [1.54, 1.807) is 16.2 Å². The summed E-state index contributed by atoms with van der Waals surface area (Å²) in [5.74, 6) is 0.404. The van der Waals surface area contributed by atoms with Gasteiger partial charge in [-0.05, 0) is 46.2 Å². The van der Waals surface area contributed by atoms with Crippen LogP contribution in [0.1, 0.15) is 54.1 Å². The molecule has 3 heterocycles. The van der Waals surface area contributed by atoms with Crippen LogP contribution in [-0.2, 0) is 10.2 Å². The molecular formula is C27H25N3O3S. The Morgan fingerprint density at radius 3 is 2.53 bits per heavy atom. The fraction of sp³-hybridized carbons (Fsp3) is 0.222. The Hall–Kier alpha value is -3.71. The summed E-state index contributed by atoms with van der Waals surface area (Å²) >= 11 is 1.65. The van der Waals surface area contributed by atoms with E-state index in [4.69, 9.17) is 4.74 Å². The normalized spacial score (nSPS) is 15.4. The Kier molecular flexibility index (Phi) is 5.57. The number of amides is 1. The zero-order valence-electron chi connectivity index (χ0n) is 19.2. The number of carbonyl (C=O) groups excluding carboxylic acids is 2. The molecule has 7 heteroatoms. The predicted octanol–water partition coefficient (Wildman–Crippen LogP) is 5.76. The minimum Gasteiger partial charge on any atom is -0.486 e. The van der Waals surface area contributed by atoms with E-state index < -0.39 is 6.04 Å². The predicted molar refractivity (Wildman–Crippen MR) is 134 cm³/mol. The summed E-state index contributed by atoms with van der Waals surface area (Å²) < 4.78 is 5.77. The number of ether oxygens (including phenoxy) is 1. The Labute approximate surface area is 202 Å². The second-order valence-electron chi connectivity index (χ2n) is 9.26. The van der Waals surface area contributed by atoms with Crippen LogP contribution in [0.25, 0.3) is 11.1 Å². The molecule has 0 fully saturated rings. The summed E-state index contributed by atoms with van der Waals surface area (Å²) in [5.41, 5.74) is 5.75. The average molecular weight is 472 g/mol. The molecule has 0 radical (unpaired) electrons. The average Bonchev–Trinajstić information content (AvgIpc) is 3.56. The Balaban J connectivity index is 1.66. The standard InChI is InChI=1S/C27H25N3O3S/c1-27(2,3)25-22-23(28-29-25)26(32)30(19-10-8-17(9-11-19)18-12-15-34-16-18)24(22)20-6-4-5-7-21(20)33-14-13-31/h4-13,15-16,24H,14H2,1-3H3,(H,28,29). The molecule has 1 atom stereocenters. The first-order valence-corrected chi connectivity index (χ1v) is 12.0. The largest absolute Gasteiger partial charge is 0.486 e. The molecule has 1 unspecified atom stereocenters. The van der Waals surface area contributed by atoms with Crippen molar-refractivity contribution in [3.05, 3.63) is 87.9 Å². The summed E-state index contributed by atoms with van der Waals surface area (Å²) in [6, 6.07) is 17.2. The third-order valence-electron chi connectivity index (χ3n) is 6.03. The van der Waals surface area contributed by atoms with E-state index >= 15 is 0 Å². The summed E-state index contributed by atoms with van der Waals surface area (Å²) in [6.45, 7) is 6.22.